The highest BCUT2D eigenvalue weighted by Crippen LogP contribution is 2.37. The molecule has 2 aliphatic rings. The fraction of sp³-hybridized carbons (Fsp3) is 0.480. The molecule has 1 aromatic carbocycles. The maximum absolute atomic E-state index is 14.5. The number of aromatic nitrogens is 2. The quantitative estimate of drug-likeness (QED) is 0.479. The Bertz CT molecular complexity index is 1310. The van der Waals surface area contributed by atoms with Crippen LogP contribution in [0.15, 0.2) is 23.0 Å². The Labute approximate surface area is 221 Å². The molecule has 0 radical (unpaired) electrons. The molecular weight excluding hydrogens is 526 g/mol. The Morgan fingerprint density at radius 3 is 2.15 bits per heavy atom. The van der Waals surface area contributed by atoms with Crippen LogP contribution in [0.25, 0.3) is 0 Å². The van der Waals surface area contributed by atoms with E-state index in [9.17, 15) is 31.9 Å². The van der Waals surface area contributed by atoms with Crippen LogP contribution >= 0.6 is 0 Å². The predicted octanol–water partition coefficient (Wildman–Crippen LogP) is 1.79. The van der Waals surface area contributed by atoms with Gasteiger partial charge in [0.25, 0.3) is 11.5 Å². The lowest BCUT2D eigenvalue weighted by Crippen LogP contribution is -2.55. The van der Waals surface area contributed by atoms with Gasteiger partial charge >= 0.3 is 12.1 Å². The van der Waals surface area contributed by atoms with E-state index >= 15 is 0 Å². The van der Waals surface area contributed by atoms with Crippen LogP contribution in [0.1, 0.15) is 45.6 Å². The molecule has 0 unspecified atom stereocenters. The smallest absolute Gasteiger partial charge is 0.475 e. The second kappa shape index (κ2) is 11.5. The van der Waals surface area contributed by atoms with Crippen molar-refractivity contribution in [1.82, 2.24) is 25.3 Å². The van der Waals surface area contributed by atoms with Crippen LogP contribution in [0.3, 0.4) is 0 Å². The fourth-order valence-corrected chi connectivity index (χ4v) is 4.17. The summed E-state index contributed by atoms with van der Waals surface area (Å²) in [6, 6.07) is 4.47. The van der Waals surface area contributed by atoms with Gasteiger partial charge in [-0.2, -0.15) is 18.3 Å². The van der Waals surface area contributed by atoms with E-state index in [4.69, 9.17) is 9.90 Å². The lowest BCUT2D eigenvalue weighted by molar-refractivity contribution is -0.192. The molecule has 0 spiro atoms. The Morgan fingerprint density at radius 1 is 1.08 bits per heavy atom. The van der Waals surface area contributed by atoms with E-state index in [1.807, 2.05) is 6.92 Å². The number of benzene rings is 1. The summed E-state index contributed by atoms with van der Waals surface area (Å²) in [6.45, 7) is 5.17. The average Bonchev–Trinajstić information content (AvgIpc) is 3.70. The molecule has 0 atom stereocenters. The molecule has 212 valence electrons. The predicted molar refractivity (Wildman–Crippen MR) is 131 cm³/mol. The van der Waals surface area contributed by atoms with Crippen LogP contribution in [0.5, 0.6) is 0 Å². The highest BCUT2D eigenvalue weighted by atomic mass is 19.4. The van der Waals surface area contributed by atoms with Crippen LogP contribution in [0.2, 0.25) is 0 Å². The van der Waals surface area contributed by atoms with Crippen LogP contribution in [0.4, 0.5) is 17.6 Å². The Kier molecular flexibility index (Phi) is 8.78. The third-order valence-corrected chi connectivity index (χ3v) is 7.00. The Hall–Kier alpha value is -3.81. The van der Waals surface area contributed by atoms with Crippen LogP contribution in [0, 0.1) is 19.7 Å². The summed E-state index contributed by atoms with van der Waals surface area (Å²) in [7, 11) is 1.80. The molecule has 0 bridgehead atoms. The molecule has 4 rings (SSSR count). The molecule has 3 N–H and O–H groups in total. The molecule has 39 heavy (non-hydrogen) atoms. The van der Waals surface area contributed by atoms with Gasteiger partial charge in [-0.05, 0) is 57.0 Å². The number of carbonyl (C=O) groups excluding carboxylic acids is 2. The van der Waals surface area contributed by atoms with Crippen molar-refractivity contribution in [3.05, 3.63) is 62.3 Å². The van der Waals surface area contributed by atoms with Gasteiger partial charge in [0.15, 0.2) is 0 Å². The molecule has 10 nitrogen and oxygen atoms in total. The molecule has 2 aromatic rings. The second-order valence-electron chi connectivity index (χ2n) is 9.46. The van der Waals surface area contributed by atoms with Crippen LogP contribution in [-0.4, -0.2) is 87.8 Å². The van der Waals surface area contributed by atoms with E-state index in [1.165, 1.54) is 6.07 Å². The van der Waals surface area contributed by atoms with Gasteiger partial charge in [0.05, 0.1) is 16.8 Å². The highest BCUT2D eigenvalue weighted by Gasteiger charge is 2.50. The number of carboxylic acid groups (broad SMARTS) is 1. The molecule has 1 saturated heterocycles. The topological polar surface area (TPSA) is 136 Å². The zero-order valence-corrected chi connectivity index (χ0v) is 21.6. The summed E-state index contributed by atoms with van der Waals surface area (Å²) in [5.74, 6) is -3.63. The third kappa shape index (κ3) is 6.80. The van der Waals surface area contributed by atoms with Gasteiger partial charge in [-0.25, -0.2) is 14.3 Å². The summed E-state index contributed by atoms with van der Waals surface area (Å²) < 4.78 is 46.3. The fourth-order valence-electron chi connectivity index (χ4n) is 4.17. The summed E-state index contributed by atoms with van der Waals surface area (Å²) >= 11 is 0. The molecule has 1 aliphatic carbocycles. The number of amides is 2. The van der Waals surface area contributed by atoms with Gasteiger partial charge in [0, 0.05) is 38.2 Å². The van der Waals surface area contributed by atoms with Crippen molar-refractivity contribution in [1.29, 1.82) is 0 Å². The molecule has 14 heteroatoms. The first-order valence-electron chi connectivity index (χ1n) is 12.1. The number of nitrogens with one attached hydrogen (secondary N) is 2. The van der Waals surface area contributed by atoms with Crippen molar-refractivity contribution in [2.45, 2.75) is 44.8 Å². The molecule has 1 aromatic heterocycles. The lowest BCUT2D eigenvalue weighted by atomic mass is 10.0. The molecule has 2 fully saturated rings. The standard InChI is InChI=1S/C23H28FN5O3.C2HF3O2/c1-14-15(2)20(30)27-26-19(14)13-16-4-5-18(24)17(12-16)21(31)28-8-10-29(11-9-28)22(32)23(25-3)6-7-23;3-2(4,5)1(6)7/h4-5,12,25H,6-11,13H2,1-3H3,(H,27,30);(H,6,7). The normalized spacial score (nSPS) is 16.3. The largest absolute Gasteiger partial charge is 0.490 e. The number of H-pyrrole nitrogens is 1. The van der Waals surface area contributed by atoms with E-state index in [0.717, 1.165) is 24.0 Å². The summed E-state index contributed by atoms with van der Waals surface area (Å²) in [5, 5.41) is 16.8. The number of alkyl halides is 3. The Morgan fingerprint density at radius 2 is 1.64 bits per heavy atom. The van der Waals surface area contributed by atoms with Gasteiger partial charge in [-0.15, -0.1) is 0 Å². The Balaban J connectivity index is 0.000000532. The first-order chi connectivity index (χ1) is 18.2. The number of carbonyl (C=O) groups is 3. The van der Waals surface area contributed by atoms with Crippen molar-refractivity contribution in [3.63, 3.8) is 0 Å². The van der Waals surface area contributed by atoms with E-state index in [2.05, 4.69) is 15.5 Å². The van der Waals surface area contributed by atoms with Gasteiger partial charge < -0.3 is 20.2 Å². The highest BCUT2D eigenvalue weighted by molar-refractivity contribution is 5.95. The number of hydrogen-bond donors (Lipinski definition) is 3. The van der Waals surface area contributed by atoms with E-state index in [-0.39, 0.29) is 22.9 Å². The average molecular weight is 556 g/mol. The molecule has 1 aliphatic heterocycles. The number of carboxylic acids is 1. The first kappa shape index (κ1) is 29.7. The summed E-state index contributed by atoms with van der Waals surface area (Å²) in [5.41, 5.74) is 2.12. The second-order valence-corrected chi connectivity index (χ2v) is 9.46. The number of aliphatic carboxylic acids is 1. The molecule has 2 amide bonds. The number of halogens is 4. The first-order valence-corrected chi connectivity index (χ1v) is 12.1. The van der Waals surface area contributed by atoms with Gasteiger partial charge in [-0.3, -0.25) is 14.4 Å². The van der Waals surface area contributed by atoms with Crippen LogP contribution < -0.4 is 10.9 Å². The lowest BCUT2D eigenvalue weighted by Gasteiger charge is -2.36. The van der Waals surface area contributed by atoms with Crippen molar-refractivity contribution in [2.75, 3.05) is 33.2 Å². The monoisotopic (exact) mass is 555 g/mol. The van der Waals surface area contributed by atoms with Gasteiger partial charge in [0.2, 0.25) is 5.91 Å². The van der Waals surface area contributed by atoms with E-state index in [1.54, 1.807) is 35.9 Å². The van der Waals surface area contributed by atoms with Crippen LogP contribution in [-0.2, 0) is 16.0 Å². The minimum atomic E-state index is -5.08. The number of rotatable bonds is 5. The van der Waals surface area contributed by atoms with Crippen molar-refractivity contribution >= 4 is 17.8 Å². The minimum absolute atomic E-state index is 0.00923. The molecule has 2 heterocycles. The zero-order chi connectivity index (χ0) is 29.1. The van der Waals surface area contributed by atoms with Gasteiger partial charge in [0.1, 0.15) is 5.82 Å². The summed E-state index contributed by atoms with van der Waals surface area (Å²) in [4.78, 5) is 49.7. The number of aromatic amines is 1. The molecule has 1 saturated carbocycles. The maximum Gasteiger partial charge on any atom is 0.490 e. The van der Waals surface area contributed by atoms with E-state index < -0.39 is 23.5 Å². The van der Waals surface area contributed by atoms with Crippen molar-refractivity contribution in [3.8, 4) is 0 Å². The van der Waals surface area contributed by atoms with Crippen molar-refractivity contribution < 1.29 is 37.1 Å². The summed E-state index contributed by atoms with van der Waals surface area (Å²) in [6.07, 6.45) is -3.04. The van der Waals surface area contributed by atoms with Crippen molar-refractivity contribution in [2.24, 2.45) is 0 Å². The number of likely N-dealkylation sites (N-methyl/N-ethyl adjacent to an activating group) is 1. The SMILES string of the molecule is CNC1(C(=O)N2CCN(C(=O)c3cc(Cc4n[nH]c(=O)c(C)c4C)ccc3F)CC2)CC1.O=C(O)C(F)(F)F. The number of hydrogen-bond acceptors (Lipinski definition) is 6. The van der Waals surface area contributed by atoms with E-state index in [0.29, 0.717) is 43.9 Å². The van der Waals surface area contributed by atoms with Gasteiger partial charge in [-0.1, -0.05) is 6.07 Å². The number of piperazine rings is 1. The number of nitrogens with zero attached hydrogens (tertiary/aromatic N) is 3. The molecular formula is C25H29F4N5O5. The minimum Gasteiger partial charge on any atom is -0.475 e. The maximum atomic E-state index is 14.5. The third-order valence-electron chi connectivity index (χ3n) is 7.00. The zero-order valence-electron chi connectivity index (χ0n) is 21.6.